The fraction of sp³-hybridized carbons (Fsp3) is 0.167. The molecule has 5 rings (SSSR count). The van der Waals surface area contributed by atoms with Gasteiger partial charge in [0.2, 0.25) is 10.0 Å². The minimum absolute atomic E-state index is 0.460. The van der Waals surface area contributed by atoms with E-state index in [1.807, 2.05) is 77.6 Å². The summed E-state index contributed by atoms with van der Waals surface area (Å²) in [4.78, 5) is 0. The number of aromatic nitrogens is 2. The van der Waals surface area contributed by atoms with E-state index >= 15 is 0 Å². The number of hydrazone groups is 1. The summed E-state index contributed by atoms with van der Waals surface area (Å²) in [6, 6.07) is 18.8. The molecule has 4 aromatic rings. The second-order valence-electron chi connectivity index (χ2n) is 7.76. The third kappa shape index (κ3) is 4.17. The topological polar surface area (TPSA) is 76.8 Å². The van der Waals surface area contributed by atoms with Gasteiger partial charge in [0.15, 0.2) is 0 Å². The molecule has 1 aliphatic rings. The second-order valence-corrected chi connectivity index (χ2v) is 10.4. The van der Waals surface area contributed by atoms with Crippen LogP contribution in [-0.4, -0.2) is 41.7 Å². The van der Waals surface area contributed by atoms with Crippen LogP contribution in [0.2, 0.25) is 0 Å². The second kappa shape index (κ2) is 8.49. The third-order valence-electron chi connectivity index (χ3n) is 5.53. The first-order valence-electron chi connectivity index (χ1n) is 10.3. The fourth-order valence-corrected chi connectivity index (χ4v) is 5.53. The maximum absolute atomic E-state index is 12.7. The van der Waals surface area contributed by atoms with Gasteiger partial charge in [-0.15, -0.1) is 0 Å². The summed E-state index contributed by atoms with van der Waals surface area (Å²) in [5, 5.41) is 13.3. The largest absolute Gasteiger partial charge is 0.497 e. The Bertz CT molecular complexity index is 1410. The minimum Gasteiger partial charge on any atom is -0.497 e. The maximum atomic E-state index is 12.7. The Labute approximate surface area is 196 Å². The van der Waals surface area contributed by atoms with E-state index in [9.17, 15) is 8.42 Å². The van der Waals surface area contributed by atoms with E-state index < -0.39 is 16.1 Å². The van der Waals surface area contributed by atoms with Crippen LogP contribution < -0.4 is 4.74 Å². The number of rotatable bonds is 6. The number of ether oxygens (including phenoxy) is 1. The zero-order valence-corrected chi connectivity index (χ0v) is 19.8. The van der Waals surface area contributed by atoms with Crippen molar-refractivity contribution in [1.82, 2.24) is 14.2 Å². The summed E-state index contributed by atoms with van der Waals surface area (Å²) >= 11 is 1.56. The quantitative estimate of drug-likeness (QED) is 0.402. The highest BCUT2D eigenvalue weighted by Gasteiger charge is 2.37. The van der Waals surface area contributed by atoms with Crippen LogP contribution in [-0.2, 0) is 10.0 Å². The van der Waals surface area contributed by atoms with Crippen molar-refractivity contribution in [3.05, 3.63) is 88.7 Å². The molecule has 1 atom stereocenters. The monoisotopic (exact) mass is 478 g/mol. The van der Waals surface area contributed by atoms with Crippen molar-refractivity contribution in [3.8, 4) is 22.7 Å². The van der Waals surface area contributed by atoms with E-state index in [2.05, 4.69) is 5.10 Å². The highest BCUT2D eigenvalue weighted by Crippen LogP contribution is 2.40. The Hall–Kier alpha value is -3.43. The van der Waals surface area contributed by atoms with E-state index in [4.69, 9.17) is 9.84 Å². The van der Waals surface area contributed by atoms with Crippen molar-refractivity contribution in [2.45, 2.75) is 12.5 Å². The Morgan fingerprint density at radius 3 is 2.58 bits per heavy atom. The average molecular weight is 479 g/mol. The van der Waals surface area contributed by atoms with Gasteiger partial charge in [-0.2, -0.15) is 26.0 Å². The first kappa shape index (κ1) is 21.4. The lowest BCUT2D eigenvalue weighted by Crippen LogP contribution is -2.26. The molecule has 9 heteroatoms. The summed E-state index contributed by atoms with van der Waals surface area (Å²) in [5.74, 6) is 0.703. The van der Waals surface area contributed by atoms with E-state index in [0.717, 1.165) is 28.1 Å². The van der Waals surface area contributed by atoms with Crippen LogP contribution in [0.25, 0.3) is 16.9 Å². The van der Waals surface area contributed by atoms with Gasteiger partial charge in [0.05, 0.1) is 36.5 Å². The van der Waals surface area contributed by atoms with E-state index in [0.29, 0.717) is 17.9 Å². The van der Waals surface area contributed by atoms with Crippen molar-refractivity contribution in [1.29, 1.82) is 0 Å². The van der Waals surface area contributed by atoms with Crippen LogP contribution in [0.5, 0.6) is 5.75 Å². The Morgan fingerprint density at radius 1 is 1.06 bits per heavy atom. The molecule has 0 radical (unpaired) electrons. The van der Waals surface area contributed by atoms with Crippen LogP contribution in [0.4, 0.5) is 0 Å². The summed E-state index contributed by atoms with van der Waals surface area (Å²) in [5.41, 5.74) is 4.89. The summed E-state index contributed by atoms with van der Waals surface area (Å²) in [7, 11) is -1.99. The van der Waals surface area contributed by atoms with Gasteiger partial charge in [0, 0.05) is 29.3 Å². The summed E-state index contributed by atoms with van der Waals surface area (Å²) in [6.45, 7) is 0. The van der Waals surface area contributed by atoms with Gasteiger partial charge in [0.25, 0.3) is 0 Å². The molecule has 0 spiro atoms. The molecule has 0 bridgehead atoms. The molecule has 168 valence electrons. The van der Waals surface area contributed by atoms with Gasteiger partial charge in [-0.1, -0.05) is 30.3 Å². The Balaban J connectivity index is 1.66. The zero-order chi connectivity index (χ0) is 23.0. The Morgan fingerprint density at radius 2 is 1.88 bits per heavy atom. The molecule has 33 heavy (non-hydrogen) atoms. The van der Waals surface area contributed by atoms with Gasteiger partial charge in [-0.05, 0) is 41.1 Å². The minimum atomic E-state index is -3.60. The van der Waals surface area contributed by atoms with Crippen LogP contribution in [0.3, 0.4) is 0 Å². The van der Waals surface area contributed by atoms with Gasteiger partial charge < -0.3 is 4.74 Å². The molecule has 0 saturated carbocycles. The van der Waals surface area contributed by atoms with Gasteiger partial charge in [-0.25, -0.2) is 13.1 Å². The molecule has 3 heterocycles. The molecule has 2 aromatic heterocycles. The summed E-state index contributed by atoms with van der Waals surface area (Å²) < 4.78 is 33.9. The number of thiophene rings is 1. The number of nitrogens with zero attached hydrogens (tertiary/aromatic N) is 4. The molecule has 0 unspecified atom stereocenters. The molecule has 7 nitrogen and oxygen atoms in total. The molecule has 0 N–H and O–H groups in total. The number of hydrogen-bond donors (Lipinski definition) is 0. The first-order chi connectivity index (χ1) is 15.9. The molecular weight excluding hydrogens is 456 g/mol. The van der Waals surface area contributed by atoms with E-state index in [-0.39, 0.29) is 0 Å². The molecule has 0 saturated heterocycles. The number of para-hydroxylation sites is 1. The zero-order valence-electron chi connectivity index (χ0n) is 18.1. The first-order valence-corrected chi connectivity index (χ1v) is 13.1. The normalized spacial score (nSPS) is 16.1. The molecule has 2 aromatic carbocycles. The van der Waals surface area contributed by atoms with E-state index in [1.54, 1.807) is 23.1 Å². The predicted octanol–water partition coefficient (Wildman–Crippen LogP) is 4.72. The molecule has 0 amide bonds. The van der Waals surface area contributed by atoms with Crippen molar-refractivity contribution < 1.29 is 13.2 Å². The van der Waals surface area contributed by atoms with E-state index in [1.165, 1.54) is 10.7 Å². The van der Waals surface area contributed by atoms with Crippen LogP contribution >= 0.6 is 11.3 Å². The Kier molecular flexibility index (Phi) is 5.51. The fourth-order valence-electron chi connectivity index (χ4n) is 3.97. The smallest absolute Gasteiger partial charge is 0.247 e. The van der Waals surface area contributed by atoms with Crippen LogP contribution in [0.15, 0.2) is 82.7 Å². The number of hydrogen-bond acceptors (Lipinski definition) is 6. The predicted molar refractivity (Wildman–Crippen MR) is 130 cm³/mol. The van der Waals surface area contributed by atoms with Crippen molar-refractivity contribution in [2.24, 2.45) is 5.10 Å². The number of methoxy groups -OCH3 is 1. The van der Waals surface area contributed by atoms with Crippen molar-refractivity contribution in [2.75, 3.05) is 13.4 Å². The van der Waals surface area contributed by atoms with Crippen LogP contribution in [0, 0.1) is 0 Å². The molecule has 0 fully saturated rings. The van der Waals surface area contributed by atoms with Crippen molar-refractivity contribution >= 4 is 27.1 Å². The number of benzene rings is 2. The van der Waals surface area contributed by atoms with Gasteiger partial charge in [-0.3, -0.25) is 0 Å². The maximum Gasteiger partial charge on any atom is 0.247 e. The molecule has 1 aliphatic heterocycles. The van der Waals surface area contributed by atoms with Crippen LogP contribution in [0.1, 0.15) is 23.6 Å². The highest BCUT2D eigenvalue weighted by molar-refractivity contribution is 7.88. The van der Waals surface area contributed by atoms with Crippen molar-refractivity contribution in [3.63, 3.8) is 0 Å². The number of sulfonamides is 1. The SMILES string of the molecule is COc1cccc(-c2nn(-c3ccccc3)cc2[C@H]2CC(c3ccsc3)=NN2S(C)(=O)=O)c1. The highest BCUT2D eigenvalue weighted by atomic mass is 32.2. The molecular formula is C24H22N4O3S2. The lowest BCUT2D eigenvalue weighted by Gasteiger charge is -2.21. The third-order valence-corrected chi connectivity index (χ3v) is 7.23. The van der Waals surface area contributed by atoms with Gasteiger partial charge in [0.1, 0.15) is 5.75 Å². The lowest BCUT2D eigenvalue weighted by atomic mass is 9.98. The lowest BCUT2D eigenvalue weighted by molar-refractivity contribution is 0.375. The standard InChI is InChI=1S/C24H22N4O3S2/c1-31-20-10-6-7-17(13-20)24-21(15-27(26-24)19-8-4-3-5-9-19)23-14-22(18-11-12-32-16-18)25-28(23)33(2,29)30/h3-13,15-16,23H,14H2,1-2H3/t23-/m1/s1. The average Bonchev–Trinajstić information content (AvgIpc) is 3.58. The summed E-state index contributed by atoms with van der Waals surface area (Å²) in [6.07, 6.45) is 3.55. The molecule has 0 aliphatic carbocycles. The van der Waals surface area contributed by atoms with Gasteiger partial charge >= 0.3 is 0 Å².